The van der Waals surface area contributed by atoms with Gasteiger partial charge in [0.2, 0.25) is 0 Å². The fraction of sp³-hybridized carbons (Fsp3) is 0.360. The van der Waals surface area contributed by atoms with Gasteiger partial charge in [-0.15, -0.1) is 10.2 Å². The van der Waals surface area contributed by atoms with Crippen molar-refractivity contribution in [2.24, 2.45) is 7.05 Å². The summed E-state index contributed by atoms with van der Waals surface area (Å²) in [5, 5.41) is 17.4. The minimum atomic E-state index is -4.74. The SMILES string of the molecule is C[C@H](Cc1nncn1C)c1cccc(N2Cc3c(cc(C(=O)N4CC(O)C4)cc3C(F)(F)F)C2=O)c1. The minimum Gasteiger partial charge on any atom is -0.389 e. The highest BCUT2D eigenvalue weighted by Crippen LogP contribution is 2.40. The van der Waals surface area contributed by atoms with Crippen molar-refractivity contribution in [1.29, 1.82) is 0 Å². The van der Waals surface area contributed by atoms with Crippen LogP contribution in [-0.2, 0) is 26.2 Å². The number of β-amino-alcohol motifs (C(OH)–C–C–N with tert-alkyl or cyclic N) is 1. The van der Waals surface area contributed by atoms with E-state index in [1.165, 1.54) is 15.9 Å². The van der Waals surface area contributed by atoms with Gasteiger partial charge >= 0.3 is 6.18 Å². The van der Waals surface area contributed by atoms with Gasteiger partial charge in [0, 0.05) is 43.4 Å². The van der Waals surface area contributed by atoms with E-state index in [1.54, 1.807) is 24.5 Å². The Hall–Kier alpha value is -3.73. The maximum Gasteiger partial charge on any atom is 0.416 e. The molecule has 3 aromatic rings. The van der Waals surface area contributed by atoms with Crippen molar-refractivity contribution in [2.75, 3.05) is 18.0 Å². The number of carbonyl (C=O) groups is 2. The van der Waals surface area contributed by atoms with E-state index in [0.29, 0.717) is 12.1 Å². The third-order valence-corrected chi connectivity index (χ3v) is 6.79. The average molecular weight is 499 g/mol. The molecule has 2 amide bonds. The number of aliphatic hydroxyl groups excluding tert-OH is 1. The van der Waals surface area contributed by atoms with Gasteiger partial charge in [-0.25, -0.2) is 0 Å². The maximum atomic E-state index is 14.0. The lowest BCUT2D eigenvalue weighted by atomic mass is 9.97. The van der Waals surface area contributed by atoms with Crippen LogP contribution >= 0.6 is 0 Å². The Morgan fingerprint density at radius 3 is 2.61 bits per heavy atom. The van der Waals surface area contributed by atoms with Crippen molar-refractivity contribution >= 4 is 17.5 Å². The molecular formula is C25H24F3N5O3. The van der Waals surface area contributed by atoms with Crippen molar-refractivity contribution in [2.45, 2.75) is 38.1 Å². The molecule has 36 heavy (non-hydrogen) atoms. The third kappa shape index (κ3) is 4.23. The second-order valence-electron chi connectivity index (χ2n) is 9.36. The molecule has 188 valence electrons. The lowest BCUT2D eigenvalue weighted by Gasteiger charge is -2.36. The number of aromatic nitrogens is 3. The molecule has 2 aromatic carbocycles. The Morgan fingerprint density at radius 1 is 1.22 bits per heavy atom. The summed E-state index contributed by atoms with van der Waals surface area (Å²) in [5.74, 6) is -0.416. The molecule has 1 fully saturated rings. The van der Waals surface area contributed by atoms with E-state index in [4.69, 9.17) is 0 Å². The first-order chi connectivity index (χ1) is 17.0. The molecular weight excluding hydrogens is 475 g/mol. The molecule has 2 aliphatic heterocycles. The summed E-state index contributed by atoms with van der Waals surface area (Å²) >= 11 is 0. The van der Waals surface area contributed by atoms with E-state index in [0.717, 1.165) is 17.5 Å². The molecule has 1 aromatic heterocycles. The molecule has 0 unspecified atom stereocenters. The van der Waals surface area contributed by atoms with Crippen LogP contribution in [0.4, 0.5) is 18.9 Å². The first kappa shape index (κ1) is 24.0. The van der Waals surface area contributed by atoms with Gasteiger partial charge in [0.1, 0.15) is 12.2 Å². The molecule has 0 bridgehead atoms. The van der Waals surface area contributed by atoms with E-state index in [9.17, 15) is 27.9 Å². The largest absolute Gasteiger partial charge is 0.416 e. The Balaban J connectivity index is 1.46. The van der Waals surface area contributed by atoms with Crippen molar-refractivity contribution in [3.05, 3.63) is 76.4 Å². The zero-order chi connectivity index (χ0) is 25.8. The predicted octanol–water partition coefficient (Wildman–Crippen LogP) is 3.16. The number of halogens is 3. The molecule has 0 saturated carbocycles. The van der Waals surface area contributed by atoms with E-state index >= 15 is 0 Å². The summed E-state index contributed by atoms with van der Waals surface area (Å²) in [6, 6.07) is 9.19. The van der Waals surface area contributed by atoms with Gasteiger partial charge in [0.25, 0.3) is 11.8 Å². The van der Waals surface area contributed by atoms with Crippen LogP contribution in [0.2, 0.25) is 0 Å². The summed E-state index contributed by atoms with van der Waals surface area (Å²) in [5.41, 5.74) is -0.105. The molecule has 1 N–H and O–H groups in total. The fourth-order valence-electron chi connectivity index (χ4n) is 4.68. The van der Waals surface area contributed by atoms with Crippen molar-refractivity contribution in [1.82, 2.24) is 19.7 Å². The highest BCUT2D eigenvalue weighted by atomic mass is 19.4. The lowest BCUT2D eigenvalue weighted by Crippen LogP contribution is -2.53. The van der Waals surface area contributed by atoms with Crippen LogP contribution in [0.25, 0.3) is 0 Å². The van der Waals surface area contributed by atoms with Crippen LogP contribution in [0.1, 0.15) is 56.1 Å². The molecule has 3 heterocycles. The zero-order valence-electron chi connectivity index (χ0n) is 19.7. The van der Waals surface area contributed by atoms with Gasteiger partial charge < -0.3 is 19.5 Å². The Bertz CT molecular complexity index is 1350. The van der Waals surface area contributed by atoms with E-state index in [-0.39, 0.29) is 42.2 Å². The van der Waals surface area contributed by atoms with Gasteiger partial charge in [-0.3, -0.25) is 9.59 Å². The summed E-state index contributed by atoms with van der Waals surface area (Å²) in [7, 11) is 1.85. The fourth-order valence-corrected chi connectivity index (χ4v) is 4.68. The number of benzene rings is 2. The second-order valence-corrected chi connectivity index (χ2v) is 9.36. The molecule has 2 aliphatic rings. The first-order valence-electron chi connectivity index (χ1n) is 11.5. The van der Waals surface area contributed by atoms with E-state index in [1.807, 2.05) is 24.6 Å². The van der Waals surface area contributed by atoms with Gasteiger partial charge in [0.05, 0.1) is 18.2 Å². The molecule has 1 atom stereocenters. The van der Waals surface area contributed by atoms with Crippen LogP contribution in [0.3, 0.4) is 0 Å². The number of alkyl halides is 3. The van der Waals surface area contributed by atoms with Gasteiger partial charge in [-0.1, -0.05) is 19.1 Å². The number of anilines is 1. The Labute approximate surface area is 205 Å². The Morgan fingerprint density at radius 2 is 1.97 bits per heavy atom. The zero-order valence-corrected chi connectivity index (χ0v) is 19.7. The standard InChI is InChI=1S/C25H24F3N5O3/c1-14(6-22-30-29-13-31(22)2)15-4-3-5-17(7-15)33-12-20-19(24(33)36)8-16(9-21(20)25(26,27)28)23(35)32-10-18(34)11-32/h3-5,7-9,13-14,18,34H,6,10-12H2,1-2H3/t14-/m1/s1. The predicted molar refractivity (Wildman–Crippen MR) is 123 cm³/mol. The molecule has 0 radical (unpaired) electrons. The number of fused-ring (bicyclic) bond motifs is 1. The molecule has 1 saturated heterocycles. The van der Waals surface area contributed by atoms with Crippen LogP contribution in [0.5, 0.6) is 0 Å². The second kappa shape index (κ2) is 8.74. The number of carbonyl (C=O) groups excluding carboxylic acids is 2. The normalized spacial score (nSPS) is 16.8. The highest BCUT2D eigenvalue weighted by Gasteiger charge is 2.42. The van der Waals surface area contributed by atoms with Gasteiger partial charge in [-0.05, 0) is 41.3 Å². The minimum absolute atomic E-state index is 0.0229. The van der Waals surface area contributed by atoms with Crippen LogP contribution in [-0.4, -0.2) is 55.8 Å². The van der Waals surface area contributed by atoms with Crippen LogP contribution < -0.4 is 4.90 Å². The smallest absolute Gasteiger partial charge is 0.389 e. The van der Waals surface area contributed by atoms with E-state index in [2.05, 4.69) is 10.2 Å². The third-order valence-electron chi connectivity index (χ3n) is 6.79. The molecule has 11 heteroatoms. The molecule has 0 spiro atoms. The van der Waals surface area contributed by atoms with Gasteiger partial charge in [0.15, 0.2) is 0 Å². The summed E-state index contributed by atoms with van der Waals surface area (Å²) < 4.78 is 43.8. The summed E-state index contributed by atoms with van der Waals surface area (Å²) in [6.07, 6.45) is -3.22. The summed E-state index contributed by atoms with van der Waals surface area (Å²) in [4.78, 5) is 28.6. The Kier molecular flexibility index (Phi) is 5.82. The number of hydrogen-bond acceptors (Lipinski definition) is 5. The molecule has 0 aliphatic carbocycles. The maximum absolute atomic E-state index is 14.0. The highest BCUT2D eigenvalue weighted by molar-refractivity contribution is 6.11. The topological polar surface area (TPSA) is 91.6 Å². The molecule has 8 nitrogen and oxygen atoms in total. The number of amides is 2. The summed E-state index contributed by atoms with van der Waals surface area (Å²) in [6.45, 7) is 1.86. The van der Waals surface area contributed by atoms with Gasteiger partial charge in [-0.2, -0.15) is 13.2 Å². The van der Waals surface area contributed by atoms with Crippen molar-refractivity contribution in [3.8, 4) is 0 Å². The van der Waals surface area contributed by atoms with Crippen LogP contribution in [0.15, 0.2) is 42.7 Å². The number of nitrogens with zero attached hydrogens (tertiary/aromatic N) is 5. The average Bonchev–Trinajstić information content (AvgIpc) is 3.37. The number of aliphatic hydroxyl groups is 1. The van der Waals surface area contributed by atoms with Crippen LogP contribution in [0, 0.1) is 0 Å². The number of aryl methyl sites for hydroxylation is 1. The monoisotopic (exact) mass is 499 g/mol. The first-order valence-corrected chi connectivity index (χ1v) is 11.5. The van der Waals surface area contributed by atoms with Crippen molar-refractivity contribution < 1.29 is 27.9 Å². The number of hydrogen-bond donors (Lipinski definition) is 1. The van der Waals surface area contributed by atoms with E-state index < -0.39 is 29.7 Å². The lowest BCUT2D eigenvalue weighted by molar-refractivity contribution is -0.138. The number of rotatable bonds is 5. The van der Waals surface area contributed by atoms with Crippen molar-refractivity contribution in [3.63, 3.8) is 0 Å². The molecule has 5 rings (SSSR count). The quantitative estimate of drug-likeness (QED) is 0.583. The number of likely N-dealkylation sites (tertiary alicyclic amines) is 1.